The molecule has 0 radical (unpaired) electrons. The van der Waals surface area contributed by atoms with Gasteiger partial charge in [-0.1, -0.05) is 23.4 Å². The number of para-hydroxylation sites is 1. The highest BCUT2D eigenvalue weighted by molar-refractivity contribution is 5.76. The van der Waals surface area contributed by atoms with Gasteiger partial charge in [-0.3, -0.25) is 4.79 Å². The Kier molecular flexibility index (Phi) is 6.69. The van der Waals surface area contributed by atoms with Crippen LogP contribution in [0.2, 0.25) is 0 Å². The molecule has 0 aliphatic heterocycles. The van der Waals surface area contributed by atoms with Gasteiger partial charge in [-0.25, -0.2) is 4.39 Å². The second-order valence-corrected chi connectivity index (χ2v) is 6.10. The zero-order valence-electron chi connectivity index (χ0n) is 15.0. The standard InChI is InChI=1S/C20H20FN3O4/c21-15-8-6-14(7-9-15)20-23-19(28-24-20)11-10-18(26)22-12-16(25)13-27-17-4-2-1-3-5-17/h1-9,16,25H,10-13H2,(H,22,26)/t16-/m1/s1. The van der Waals surface area contributed by atoms with Gasteiger partial charge in [0.2, 0.25) is 17.6 Å². The molecule has 3 aromatic rings. The third-order valence-electron chi connectivity index (χ3n) is 3.86. The summed E-state index contributed by atoms with van der Waals surface area (Å²) in [6, 6.07) is 14.8. The van der Waals surface area contributed by atoms with Crippen molar-refractivity contribution in [3.05, 3.63) is 66.3 Å². The Labute approximate surface area is 161 Å². The van der Waals surface area contributed by atoms with Gasteiger partial charge in [0, 0.05) is 24.9 Å². The largest absolute Gasteiger partial charge is 0.491 e. The molecule has 7 nitrogen and oxygen atoms in total. The minimum atomic E-state index is -0.822. The van der Waals surface area contributed by atoms with Gasteiger partial charge in [0.05, 0.1) is 0 Å². The molecule has 0 saturated heterocycles. The first-order valence-electron chi connectivity index (χ1n) is 8.81. The monoisotopic (exact) mass is 385 g/mol. The van der Waals surface area contributed by atoms with Crippen LogP contribution < -0.4 is 10.1 Å². The summed E-state index contributed by atoms with van der Waals surface area (Å²) in [5.41, 5.74) is 0.627. The Morgan fingerprint density at radius 2 is 1.93 bits per heavy atom. The van der Waals surface area contributed by atoms with Gasteiger partial charge in [0.15, 0.2) is 0 Å². The first kappa shape index (κ1) is 19.5. The van der Waals surface area contributed by atoms with Crippen molar-refractivity contribution in [1.29, 1.82) is 0 Å². The van der Waals surface area contributed by atoms with Crippen LogP contribution in [0.4, 0.5) is 4.39 Å². The van der Waals surface area contributed by atoms with Gasteiger partial charge in [-0.15, -0.1) is 0 Å². The number of hydrogen-bond donors (Lipinski definition) is 2. The van der Waals surface area contributed by atoms with E-state index in [2.05, 4.69) is 15.5 Å². The van der Waals surface area contributed by atoms with Crippen molar-refractivity contribution in [3.63, 3.8) is 0 Å². The normalized spacial score (nSPS) is 11.8. The molecule has 0 fully saturated rings. The number of carbonyl (C=O) groups excluding carboxylic acids is 1. The highest BCUT2D eigenvalue weighted by atomic mass is 19.1. The van der Waals surface area contributed by atoms with Crippen molar-refractivity contribution in [2.45, 2.75) is 18.9 Å². The maximum atomic E-state index is 12.9. The fourth-order valence-electron chi connectivity index (χ4n) is 2.38. The third kappa shape index (κ3) is 5.88. The summed E-state index contributed by atoms with van der Waals surface area (Å²) in [5.74, 6) is 0.702. The molecule has 1 amide bonds. The summed E-state index contributed by atoms with van der Waals surface area (Å²) in [4.78, 5) is 16.1. The maximum Gasteiger partial charge on any atom is 0.227 e. The number of benzene rings is 2. The summed E-state index contributed by atoms with van der Waals surface area (Å²) in [5, 5.41) is 16.3. The van der Waals surface area contributed by atoms with Gasteiger partial charge < -0.3 is 19.7 Å². The molecule has 0 spiro atoms. The highest BCUT2D eigenvalue weighted by Gasteiger charge is 2.12. The van der Waals surface area contributed by atoms with E-state index in [4.69, 9.17) is 9.26 Å². The van der Waals surface area contributed by atoms with E-state index in [0.29, 0.717) is 23.0 Å². The molecule has 0 aliphatic rings. The van der Waals surface area contributed by atoms with Crippen LogP contribution in [0.5, 0.6) is 5.75 Å². The number of rotatable bonds is 9. The quantitative estimate of drug-likeness (QED) is 0.587. The van der Waals surface area contributed by atoms with Crippen molar-refractivity contribution < 1.29 is 23.6 Å². The lowest BCUT2D eigenvalue weighted by Crippen LogP contribution is -2.35. The maximum absolute atomic E-state index is 12.9. The summed E-state index contributed by atoms with van der Waals surface area (Å²) >= 11 is 0. The average Bonchev–Trinajstić information content (AvgIpc) is 3.19. The molecule has 3 rings (SSSR count). The molecule has 1 atom stereocenters. The summed E-state index contributed by atoms with van der Waals surface area (Å²) in [6.45, 7) is 0.158. The molecule has 0 unspecified atom stereocenters. The molecule has 1 heterocycles. The van der Waals surface area contributed by atoms with Gasteiger partial charge >= 0.3 is 0 Å². The number of hydrogen-bond acceptors (Lipinski definition) is 6. The summed E-state index contributed by atoms with van der Waals surface area (Å²) in [6.07, 6.45) is -0.425. The van der Waals surface area contributed by atoms with E-state index < -0.39 is 6.10 Å². The number of ether oxygens (including phenoxy) is 1. The lowest BCUT2D eigenvalue weighted by atomic mass is 10.2. The molecular weight excluding hydrogens is 365 g/mol. The fourth-order valence-corrected chi connectivity index (χ4v) is 2.38. The summed E-state index contributed by atoms with van der Waals surface area (Å²) in [7, 11) is 0. The minimum absolute atomic E-state index is 0.0784. The van der Waals surface area contributed by atoms with Crippen molar-refractivity contribution in [3.8, 4) is 17.1 Å². The Morgan fingerprint density at radius 3 is 2.68 bits per heavy atom. The van der Waals surface area contributed by atoms with Crippen molar-refractivity contribution >= 4 is 5.91 Å². The van der Waals surface area contributed by atoms with Crippen LogP contribution in [0.1, 0.15) is 12.3 Å². The Hall–Kier alpha value is -3.26. The fraction of sp³-hybridized carbons (Fsp3) is 0.250. The minimum Gasteiger partial charge on any atom is -0.491 e. The van der Waals surface area contributed by atoms with Gasteiger partial charge in [-0.05, 0) is 36.4 Å². The number of halogens is 1. The van der Waals surface area contributed by atoms with Crippen molar-refractivity contribution in [2.75, 3.05) is 13.2 Å². The van der Waals surface area contributed by atoms with Crippen LogP contribution in [-0.2, 0) is 11.2 Å². The lowest BCUT2D eigenvalue weighted by molar-refractivity contribution is -0.121. The van der Waals surface area contributed by atoms with Crippen LogP contribution in [0.25, 0.3) is 11.4 Å². The number of carbonyl (C=O) groups is 1. The molecule has 0 bridgehead atoms. The molecule has 146 valence electrons. The highest BCUT2D eigenvalue weighted by Crippen LogP contribution is 2.16. The van der Waals surface area contributed by atoms with E-state index in [1.807, 2.05) is 18.2 Å². The Balaban J connectivity index is 1.38. The first-order valence-corrected chi connectivity index (χ1v) is 8.81. The topological polar surface area (TPSA) is 97.5 Å². The van der Waals surface area contributed by atoms with Gasteiger partial charge in [0.1, 0.15) is 24.3 Å². The summed E-state index contributed by atoms with van der Waals surface area (Å²) < 4.78 is 23.5. The number of nitrogens with one attached hydrogen (secondary N) is 1. The third-order valence-corrected chi connectivity index (χ3v) is 3.86. The number of aromatic nitrogens is 2. The van der Waals surface area contributed by atoms with Crippen LogP contribution >= 0.6 is 0 Å². The molecule has 28 heavy (non-hydrogen) atoms. The molecule has 1 aromatic heterocycles. The van der Waals surface area contributed by atoms with E-state index in [-0.39, 0.29) is 37.7 Å². The number of aliphatic hydroxyl groups is 1. The molecule has 8 heteroatoms. The van der Waals surface area contributed by atoms with Crippen LogP contribution in [0, 0.1) is 5.82 Å². The zero-order valence-corrected chi connectivity index (χ0v) is 15.0. The second kappa shape index (κ2) is 9.61. The van der Waals surface area contributed by atoms with E-state index in [1.165, 1.54) is 12.1 Å². The number of aryl methyl sites for hydroxylation is 1. The van der Waals surface area contributed by atoms with Gasteiger partial charge in [0.25, 0.3) is 0 Å². The molecule has 2 aromatic carbocycles. The van der Waals surface area contributed by atoms with E-state index in [9.17, 15) is 14.3 Å². The predicted octanol–water partition coefficient (Wildman–Crippen LogP) is 2.36. The molecule has 2 N–H and O–H groups in total. The predicted molar refractivity (Wildman–Crippen MR) is 99.0 cm³/mol. The van der Waals surface area contributed by atoms with Crippen LogP contribution in [0.3, 0.4) is 0 Å². The van der Waals surface area contributed by atoms with Crippen LogP contribution in [0.15, 0.2) is 59.1 Å². The van der Waals surface area contributed by atoms with E-state index >= 15 is 0 Å². The van der Waals surface area contributed by atoms with Crippen molar-refractivity contribution in [1.82, 2.24) is 15.5 Å². The number of nitrogens with zero attached hydrogens (tertiary/aromatic N) is 2. The Morgan fingerprint density at radius 1 is 1.18 bits per heavy atom. The second-order valence-electron chi connectivity index (χ2n) is 6.10. The lowest BCUT2D eigenvalue weighted by Gasteiger charge is -2.13. The zero-order chi connectivity index (χ0) is 19.8. The molecule has 0 saturated carbocycles. The van der Waals surface area contributed by atoms with Crippen LogP contribution in [-0.4, -0.2) is 40.4 Å². The molecule has 0 aliphatic carbocycles. The van der Waals surface area contributed by atoms with Gasteiger partial charge in [-0.2, -0.15) is 4.98 Å². The number of amides is 1. The molecular formula is C20H20FN3O4. The van der Waals surface area contributed by atoms with E-state index in [1.54, 1.807) is 24.3 Å². The first-order chi connectivity index (χ1) is 13.6. The average molecular weight is 385 g/mol. The van der Waals surface area contributed by atoms with E-state index in [0.717, 1.165) is 0 Å². The SMILES string of the molecule is O=C(CCc1nc(-c2ccc(F)cc2)no1)NC[C@@H](O)COc1ccccc1. The smallest absolute Gasteiger partial charge is 0.227 e. The van der Waals surface area contributed by atoms with Crippen molar-refractivity contribution in [2.24, 2.45) is 0 Å². The number of aliphatic hydroxyl groups excluding tert-OH is 1. The Bertz CT molecular complexity index is 884.